The highest BCUT2D eigenvalue weighted by Crippen LogP contribution is 2.20. The molecule has 0 saturated carbocycles. The molecule has 1 aliphatic heterocycles. The summed E-state index contributed by atoms with van der Waals surface area (Å²) >= 11 is 0. The Morgan fingerprint density at radius 2 is 2.03 bits per heavy atom. The molecule has 1 heterocycles. The van der Waals surface area contributed by atoms with E-state index in [2.05, 4.69) is 15.6 Å². The molecular weight excluding hydrogens is 516 g/mol. The number of ether oxygens (including phenoxy) is 2. The van der Waals surface area contributed by atoms with Crippen LogP contribution in [0.25, 0.3) is 0 Å². The molecule has 7 nitrogen and oxygen atoms in total. The van der Waals surface area contributed by atoms with E-state index < -0.39 is 29.0 Å². The Morgan fingerprint density at radius 3 is 2.73 bits per heavy atom. The van der Waals surface area contributed by atoms with Gasteiger partial charge >= 0.3 is 0 Å². The van der Waals surface area contributed by atoms with E-state index in [-0.39, 0.29) is 30.5 Å². The highest BCUT2D eigenvalue weighted by molar-refractivity contribution is 14.0. The number of nitrogens with zero attached hydrogens (tertiary/aromatic N) is 2. The zero-order chi connectivity index (χ0) is 21.2. The summed E-state index contributed by atoms with van der Waals surface area (Å²) in [6.07, 6.45) is 0.934. The first-order chi connectivity index (χ1) is 14.0. The minimum Gasteiger partial charge on any atom is -0.382 e. The summed E-state index contributed by atoms with van der Waals surface area (Å²) in [6.45, 7) is 5.46. The lowest BCUT2D eigenvalue weighted by atomic mass is 10.1. The van der Waals surface area contributed by atoms with E-state index in [1.165, 1.54) is 0 Å². The van der Waals surface area contributed by atoms with Crippen LogP contribution in [0.15, 0.2) is 17.1 Å². The molecule has 0 bridgehead atoms. The third-order valence-corrected chi connectivity index (χ3v) is 4.39. The standard InChI is InChI=1S/C19H27F3N4O3.HI/c1-3-23-19(26-7-6-13(11-26)12-29-9-8-28-2)24-10-16(27)25-15-5-4-14(20)17(21)18(15)22;/h4-5,13H,3,6-12H2,1-2H3,(H,23,24)(H,25,27);1H. The second-order valence-corrected chi connectivity index (χ2v) is 6.61. The Balaban J connectivity index is 0.00000450. The summed E-state index contributed by atoms with van der Waals surface area (Å²) in [5, 5.41) is 5.33. The number of benzene rings is 1. The van der Waals surface area contributed by atoms with Gasteiger partial charge in [0.2, 0.25) is 5.91 Å². The van der Waals surface area contributed by atoms with E-state index >= 15 is 0 Å². The molecule has 1 unspecified atom stereocenters. The van der Waals surface area contributed by atoms with Gasteiger partial charge in [-0.15, -0.1) is 24.0 Å². The number of methoxy groups -OCH3 is 1. The van der Waals surface area contributed by atoms with Crippen molar-refractivity contribution in [2.24, 2.45) is 10.9 Å². The van der Waals surface area contributed by atoms with E-state index in [9.17, 15) is 18.0 Å². The topological polar surface area (TPSA) is 75.2 Å². The number of carbonyl (C=O) groups excluding carboxylic acids is 1. The second-order valence-electron chi connectivity index (χ2n) is 6.61. The van der Waals surface area contributed by atoms with Gasteiger partial charge in [0.1, 0.15) is 6.54 Å². The van der Waals surface area contributed by atoms with Gasteiger partial charge in [0.05, 0.1) is 25.5 Å². The number of carbonyl (C=O) groups is 1. The molecule has 1 aliphatic rings. The number of hydrogen-bond donors (Lipinski definition) is 2. The lowest BCUT2D eigenvalue weighted by Gasteiger charge is -2.21. The molecule has 1 fully saturated rings. The van der Waals surface area contributed by atoms with Crippen LogP contribution in [0.5, 0.6) is 0 Å². The predicted molar refractivity (Wildman–Crippen MR) is 119 cm³/mol. The Labute approximate surface area is 191 Å². The summed E-state index contributed by atoms with van der Waals surface area (Å²) in [5.41, 5.74) is -0.427. The molecule has 2 N–H and O–H groups in total. The van der Waals surface area contributed by atoms with Crippen LogP contribution < -0.4 is 10.6 Å². The second kappa shape index (κ2) is 13.7. The molecule has 0 aliphatic carbocycles. The molecule has 1 atom stereocenters. The molecule has 1 aromatic rings. The number of hydrogen-bond acceptors (Lipinski definition) is 4. The first-order valence-electron chi connectivity index (χ1n) is 9.49. The van der Waals surface area contributed by atoms with Crippen molar-refractivity contribution in [1.82, 2.24) is 10.2 Å². The number of nitrogens with one attached hydrogen (secondary N) is 2. The number of rotatable bonds is 9. The molecule has 30 heavy (non-hydrogen) atoms. The maximum absolute atomic E-state index is 13.7. The maximum atomic E-state index is 13.7. The first kappa shape index (κ1) is 26.4. The predicted octanol–water partition coefficient (Wildman–Crippen LogP) is 2.61. The zero-order valence-corrected chi connectivity index (χ0v) is 19.4. The number of guanidine groups is 1. The van der Waals surface area contributed by atoms with Crippen LogP contribution in [-0.4, -0.2) is 69.9 Å². The van der Waals surface area contributed by atoms with Gasteiger partial charge in [0.15, 0.2) is 23.4 Å². The van der Waals surface area contributed by atoms with E-state index in [1.54, 1.807) is 7.11 Å². The monoisotopic (exact) mass is 544 g/mol. The van der Waals surface area contributed by atoms with Crippen molar-refractivity contribution in [1.29, 1.82) is 0 Å². The van der Waals surface area contributed by atoms with Crippen molar-refractivity contribution in [2.75, 3.05) is 58.4 Å². The number of anilines is 1. The number of aliphatic imine (C=N–C) groups is 1. The van der Waals surface area contributed by atoms with Gasteiger partial charge in [0.25, 0.3) is 0 Å². The number of halogens is 4. The molecule has 0 aromatic heterocycles. The molecule has 0 radical (unpaired) electrons. The summed E-state index contributed by atoms with van der Waals surface area (Å²) in [4.78, 5) is 18.4. The van der Waals surface area contributed by atoms with Gasteiger partial charge in [-0.1, -0.05) is 0 Å². The SMILES string of the molecule is CCNC(=NCC(=O)Nc1ccc(F)c(F)c1F)N1CCC(COCCOC)C1.I. The summed E-state index contributed by atoms with van der Waals surface area (Å²) in [5.74, 6) is -4.11. The molecule has 2 rings (SSSR count). The van der Waals surface area contributed by atoms with Crippen LogP contribution in [0.2, 0.25) is 0 Å². The fourth-order valence-electron chi connectivity index (χ4n) is 2.94. The molecule has 1 saturated heterocycles. The molecule has 1 aromatic carbocycles. The molecule has 0 spiro atoms. The summed E-state index contributed by atoms with van der Waals surface area (Å²) < 4.78 is 50.4. The molecule has 1 amide bonds. The van der Waals surface area contributed by atoms with Crippen molar-refractivity contribution in [2.45, 2.75) is 13.3 Å². The van der Waals surface area contributed by atoms with Crippen molar-refractivity contribution < 1.29 is 27.4 Å². The summed E-state index contributed by atoms with van der Waals surface area (Å²) in [6, 6.07) is 1.72. The van der Waals surface area contributed by atoms with E-state index in [4.69, 9.17) is 9.47 Å². The van der Waals surface area contributed by atoms with Crippen LogP contribution in [0, 0.1) is 23.4 Å². The van der Waals surface area contributed by atoms with Crippen LogP contribution >= 0.6 is 24.0 Å². The smallest absolute Gasteiger partial charge is 0.246 e. The lowest BCUT2D eigenvalue weighted by Crippen LogP contribution is -2.40. The highest BCUT2D eigenvalue weighted by atomic mass is 127. The van der Waals surface area contributed by atoms with Crippen molar-refractivity contribution in [3.05, 3.63) is 29.6 Å². The Bertz CT molecular complexity index is 725. The molecule has 11 heteroatoms. The molecular formula is C19H28F3IN4O3. The quantitative estimate of drug-likeness (QED) is 0.165. The van der Waals surface area contributed by atoms with Crippen molar-refractivity contribution in [3.63, 3.8) is 0 Å². The van der Waals surface area contributed by atoms with Gasteiger partial charge in [-0.3, -0.25) is 4.79 Å². The van der Waals surface area contributed by atoms with Gasteiger partial charge in [-0.05, 0) is 25.5 Å². The Kier molecular flexibility index (Phi) is 12.0. The maximum Gasteiger partial charge on any atom is 0.246 e. The molecule has 170 valence electrons. The van der Waals surface area contributed by atoms with Crippen molar-refractivity contribution >= 4 is 41.5 Å². The van der Waals surface area contributed by atoms with Crippen LogP contribution in [0.1, 0.15) is 13.3 Å². The van der Waals surface area contributed by atoms with Crippen LogP contribution in [0.4, 0.5) is 18.9 Å². The third kappa shape index (κ3) is 7.91. The van der Waals surface area contributed by atoms with Gasteiger partial charge in [-0.2, -0.15) is 0 Å². The Hall–Kier alpha value is -1.60. The summed E-state index contributed by atoms with van der Waals surface area (Å²) in [7, 11) is 1.62. The highest BCUT2D eigenvalue weighted by Gasteiger charge is 2.25. The average molecular weight is 544 g/mol. The van der Waals surface area contributed by atoms with Gasteiger partial charge < -0.3 is 25.0 Å². The first-order valence-corrected chi connectivity index (χ1v) is 9.49. The minimum absolute atomic E-state index is 0. The Morgan fingerprint density at radius 1 is 1.27 bits per heavy atom. The van der Waals surface area contributed by atoms with Gasteiger partial charge in [-0.25, -0.2) is 18.2 Å². The lowest BCUT2D eigenvalue weighted by molar-refractivity contribution is -0.114. The number of amides is 1. The fraction of sp³-hybridized carbons (Fsp3) is 0.579. The van der Waals surface area contributed by atoms with Gasteiger partial charge in [0, 0.05) is 32.7 Å². The van der Waals surface area contributed by atoms with E-state index in [1.807, 2.05) is 11.8 Å². The van der Waals surface area contributed by atoms with Crippen molar-refractivity contribution in [3.8, 4) is 0 Å². The average Bonchev–Trinajstić information content (AvgIpc) is 3.17. The largest absolute Gasteiger partial charge is 0.382 e. The number of likely N-dealkylation sites (tertiary alicyclic amines) is 1. The van der Waals surface area contributed by atoms with Crippen LogP contribution in [-0.2, 0) is 14.3 Å². The normalized spacial score (nSPS) is 16.4. The fourth-order valence-corrected chi connectivity index (χ4v) is 2.94. The van der Waals surface area contributed by atoms with E-state index in [0.717, 1.165) is 31.6 Å². The van der Waals surface area contributed by atoms with E-state index in [0.29, 0.717) is 38.2 Å². The van der Waals surface area contributed by atoms with Crippen LogP contribution in [0.3, 0.4) is 0 Å². The zero-order valence-electron chi connectivity index (χ0n) is 17.1. The minimum atomic E-state index is -1.63. The third-order valence-electron chi connectivity index (χ3n) is 4.39.